The molecule has 1 aliphatic rings. The number of para-hydroxylation sites is 2. The van der Waals surface area contributed by atoms with Crippen molar-refractivity contribution < 1.29 is 8.56 Å². The molecule has 2 radical (unpaired) electrons. The normalized spacial score (nSPS) is 16.0. The second-order valence-electron chi connectivity index (χ2n) is 12.8. The number of allylic oxidation sites excluding steroid dienone is 1. The molecule has 0 N–H and O–H groups in total. The number of hydrogen-bond acceptors (Lipinski definition) is 4. The molecule has 0 unspecified atom stereocenters. The van der Waals surface area contributed by atoms with E-state index in [-0.39, 0.29) is 0 Å². The van der Waals surface area contributed by atoms with Gasteiger partial charge in [0.25, 0.3) is 0 Å². The summed E-state index contributed by atoms with van der Waals surface area (Å²) in [6, 6.07) is 24.0. The Labute approximate surface area is 266 Å². The summed E-state index contributed by atoms with van der Waals surface area (Å²) >= 11 is -1.34. The van der Waals surface area contributed by atoms with E-state index in [4.69, 9.17) is 8.76 Å². The third kappa shape index (κ3) is 7.52. The first-order valence-corrected chi connectivity index (χ1v) is 17.7. The van der Waals surface area contributed by atoms with E-state index in [0.717, 1.165) is 48.3 Å². The summed E-state index contributed by atoms with van der Waals surface area (Å²) in [6.45, 7) is 18.7. The monoisotopic (exact) mass is 638 g/mol. The van der Waals surface area contributed by atoms with Crippen LogP contribution >= 0.6 is 0 Å². The number of hydrogen-bond donors (Lipinski definition) is 0. The van der Waals surface area contributed by atoms with Gasteiger partial charge in [0.2, 0.25) is 0 Å². The Balaban J connectivity index is 2.10. The van der Waals surface area contributed by atoms with Crippen LogP contribution < -0.4 is 3.86 Å². The summed E-state index contributed by atoms with van der Waals surface area (Å²) in [5, 5.41) is 0. The van der Waals surface area contributed by atoms with E-state index in [2.05, 4.69) is 126 Å². The third-order valence-electron chi connectivity index (χ3n) is 8.34. The Bertz CT molecular complexity index is 1400. The molecule has 43 heavy (non-hydrogen) atoms. The first kappa shape index (κ1) is 32.8. The van der Waals surface area contributed by atoms with Crippen LogP contribution in [0, 0.1) is 0 Å². The Morgan fingerprint density at radius 2 is 1.23 bits per heavy atom. The van der Waals surface area contributed by atoms with Gasteiger partial charge in [-0.1, -0.05) is 0 Å². The number of anilines is 1. The van der Waals surface area contributed by atoms with Crippen LogP contribution in [0.1, 0.15) is 133 Å². The summed E-state index contributed by atoms with van der Waals surface area (Å²) in [4.78, 5) is 17.4. The maximum absolute atomic E-state index is 11.8. The number of aliphatic imine (C=N–C) groups is 1. The second-order valence-corrected chi connectivity index (χ2v) is 14.6. The zero-order chi connectivity index (χ0) is 31.1. The van der Waals surface area contributed by atoms with Gasteiger partial charge in [-0.3, -0.25) is 0 Å². The van der Waals surface area contributed by atoms with Crippen LogP contribution in [0.4, 0.5) is 11.4 Å². The zero-order valence-electron chi connectivity index (χ0n) is 27.3. The topological polar surface area (TPSA) is 41.9 Å². The summed E-state index contributed by atoms with van der Waals surface area (Å²) in [7, 11) is 0. The molecule has 0 aromatic heterocycles. The van der Waals surface area contributed by atoms with Crippen molar-refractivity contribution in [3.8, 4) is 0 Å². The van der Waals surface area contributed by atoms with Gasteiger partial charge in [0.15, 0.2) is 0 Å². The summed E-state index contributed by atoms with van der Waals surface area (Å²) in [5.74, 6) is 1.37. The number of rotatable bonds is 11. The minimum atomic E-state index is -1.34. The summed E-state index contributed by atoms with van der Waals surface area (Å²) in [6.07, 6.45) is 4.10. The zero-order valence-corrected chi connectivity index (χ0v) is 29.4. The van der Waals surface area contributed by atoms with Crippen LogP contribution in [-0.2, 0) is 8.56 Å². The van der Waals surface area contributed by atoms with E-state index in [1.165, 1.54) is 33.5 Å². The molecule has 3 aromatic rings. The summed E-state index contributed by atoms with van der Waals surface area (Å²) in [5.41, 5.74) is 12.2. The molecule has 1 aliphatic carbocycles. The van der Waals surface area contributed by atoms with Crippen molar-refractivity contribution in [2.24, 2.45) is 4.99 Å². The van der Waals surface area contributed by atoms with E-state index < -0.39 is 16.0 Å². The van der Waals surface area contributed by atoms with E-state index in [1.54, 1.807) is 0 Å². The Morgan fingerprint density at radius 1 is 0.721 bits per heavy atom. The first-order chi connectivity index (χ1) is 20.6. The molecular formula is C38H48GeN2O2. The summed E-state index contributed by atoms with van der Waals surface area (Å²) < 4.78 is 8.15. The fourth-order valence-electron chi connectivity index (χ4n) is 6.13. The molecule has 0 atom stereocenters. The first-order valence-electron chi connectivity index (χ1n) is 15.9. The number of nitrogens with zero attached hydrogens (tertiary/aromatic N) is 2. The van der Waals surface area contributed by atoms with Gasteiger partial charge in [-0.2, -0.15) is 0 Å². The average Bonchev–Trinajstić information content (AvgIpc) is 2.99. The molecule has 0 heterocycles. The molecule has 0 saturated heterocycles. The van der Waals surface area contributed by atoms with Crippen molar-refractivity contribution in [1.29, 1.82) is 0 Å². The molecule has 0 bridgehead atoms. The van der Waals surface area contributed by atoms with E-state index >= 15 is 0 Å². The third-order valence-corrected chi connectivity index (χ3v) is 10.1. The second kappa shape index (κ2) is 15.1. The van der Waals surface area contributed by atoms with Crippen LogP contribution in [0.2, 0.25) is 0 Å². The van der Waals surface area contributed by atoms with Gasteiger partial charge < -0.3 is 0 Å². The fourth-order valence-corrected chi connectivity index (χ4v) is 7.92. The molecular weight excluding hydrogens is 589 g/mol. The van der Waals surface area contributed by atoms with Crippen molar-refractivity contribution in [2.45, 2.75) is 105 Å². The van der Waals surface area contributed by atoms with Gasteiger partial charge in [0, 0.05) is 0 Å². The maximum atomic E-state index is 11.8. The molecule has 4 rings (SSSR count). The number of carbonyl (C=O) groups excluding carboxylic acids is 1. The molecule has 5 heteroatoms. The molecule has 226 valence electrons. The average molecular weight is 637 g/mol. The van der Waals surface area contributed by atoms with Gasteiger partial charge in [-0.25, -0.2) is 0 Å². The molecule has 1 saturated carbocycles. The standard InChI is InChI=1S/C38H48GeN2O2/c1-25(2)30-19-14-20-31(26(3)4)36(30)40-35-23-13-12-18-34(35)37(29-16-10-9-11-17-29)41(39-43-24-42)38-32(27(5)6)21-15-22-33(38)28(7)8/h9-11,14-17,19-22,24-28H,12-13,18,23H2,1-8H3/b37-34+,40-35?. The molecule has 1 fully saturated rings. The van der Waals surface area contributed by atoms with Crippen molar-refractivity contribution in [2.75, 3.05) is 3.86 Å². The van der Waals surface area contributed by atoms with Crippen LogP contribution in [0.25, 0.3) is 5.70 Å². The molecule has 0 aliphatic heterocycles. The van der Waals surface area contributed by atoms with Crippen molar-refractivity contribution in [1.82, 2.24) is 0 Å². The predicted molar refractivity (Wildman–Crippen MR) is 184 cm³/mol. The SMILES string of the molecule is CC(C)c1cccc(C(C)C)c1N=C1CCCC/C1=C(/c1ccccc1)[N]([Ge][O]C=O)c1c(C(C)C)cccc1C(C)C. The van der Waals surface area contributed by atoms with Crippen molar-refractivity contribution in [3.05, 3.63) is 100 Å². The van der Waals surface area contributed by atoms with E-state index in [9.17, 15) is 4.79 Å². The fraction of sp³-hybridized carbons (Fsp3) is 0.421. The van der Waals surface area contributed by atoms with Gasteiger partial charge in [0.05, 0.1) is 0 Å². The van der Waals surface area contributed by atoms with Gasteiger partial charge in [-0.15, -0.1) is 0 Å². The van der Waals surface area contributed by atoms with E-state index in [1.807, 2.05) is 0 Å². The predicted octanol–water partition coefficient (Wildman–Crippen LogP) is 10.5. The van der Waals surface area contributed by atoms with Crippen LogP contribution in [0.15, 0.2) is 77.3 Å². The van der Waals surface area contributed by atoms with Crippen LogP contribution in [0.3, 0.4) is 0 Å². The van der Waals surface area contributed by atoms with Gasteiger partial charge in [0.1, 0.15) is 0 Å². The molecule has 0 amide bonds. The van der Waals surface area contributed by atoms with E-state index in [0.29, 0.717) is 30.1 Å². The molecule has 4 nitrogen and oxygen atoms in total. The molecule has 0 spiro atoms. The van der Waals surface area contributed by atoms with Crippen LogP contribution in [0.5, 0.6) is 0 Å². The number of carbonyl (C=O) groups is 1. The van der Waals surface area contributed by atoms with Crippen molar-refractivity contribution in [3.63, 3.8) is 0 Å². The molecule has 3 aromatic carbocycles. The number of benzene rings is 3. The Kier molecular flexibility index (Phi) is 11.5. The van der Waals surface area contributed by atoms with Crippen molar-refractivity contribution >= 4 is 45.2 Å². The van der Waals surface area contributed by atoms with Gasteiger partial charge in [-0.05, 0) is 0 Å². The Hall–Kier alpha value is -3.12. The van der Waals surface area contributed by atoms with Gasteiger partial charge >= 0.3 is 268 Å². The Morgan fingerprint density at radius 3 is 1.74 bits per heavy atom. The quantitative estimate of drug-likeness (QED) is 0.155. The minimum absolute atomic E-state index is 0.312. The van der Waals surface area contributed by atoms with Crippen LogP contribution in [-0.4, -0.2) is 28.2 Å².